The molecule has 0 bridgehead atoms. The molecule has 6 nitrogen and oxygen atoms in total. The Bertz CT molecular complexity index is 938. The van der Waals surface area contributed by atoms with E-state index in [1.807, 2.05) is 0 Å². The van der Waals surface area contributed by atoms with Crippen LogP contribution in [0.15, 0.2) is 42.5 Å². The Kier molecular flexibility index (Phi) is 5.70. The summed E-state index contributed by atoms with van der Waals surface area (Å²) in [6.07, 6.45) is 1.79. The topological polar surface area (TPSA) is 69.7 Å². The maximum atomic E-state index is 12.8. The third-order valence-corrected chi connectivity index (χ3v) is 4.94. The molecule has 2 aromatic rings. The summed E-state index contributed by atoms with van der Waals surface area (Å²) in [6, 6.07) is 11.7. The normalized spacial score (nSPS) is 13.0. The van der Waals surface area contributed by atoms with Crippen molar-refractivity contribution >= 4 is 40.7 Å². The smallest absolute Gasteiger partial charge is 0.257 e. The van der Waals surface area contributed by atoms with Crippen LogP contribution in [-0.4, -0.2) is 43.8 Å². The molecule has 2 aromatic carbocycles. The molecule has 1 N–H and O–H groups in total. The number of carbonyl (C=O) groups is 3. The van der Waals surface area contributed by atoms with Gasteiger partial charge in [0.25, 0.3) is 11.8 Å². The lowest BCUT2D eigenvalue weighted by Crippen LogP contribution is -2.30. The molecule has 0 heterocycles. The number of nitrogens with zero attached hydrogens (tertiary/aromatic N) is 2. The van der Waals surface area contributed by atoms with Crippen LogP contribution < -0.4 is 10.2 Å². The van der Waals surface area contributed by atoms with E-state index >= 15 is 0 Å². The Morgan fingerprint density at radius 2 is 1.68 bits per heavy atom. The van der Waals surface area contributed by atoms with E-state index < -0.39 is 0 Å². The molecule has 1 fully saturated rings. The molecular formula is C21H22ClN3O3. The first-order chi connectivity index (χ1) is 13.3. The van der Waals surface area contributed by atoms with Gasteiger partial charge in [0.15, 0.2) is 0 Å². The molecule has 0 spiro atoms. The molecule has 0 unspecified atom stereocenters. The summed E-state index contributed by atoms with van der Waals surface area (Å²) in [5, 5.41) is 3.04. The number of hydrogen-bond donors (Lipinski definition) is 1. The van der Waals surface area contributed by atoms with E-state index in [-0.39, 0.29) is 28.7 Å². The number of hydrogen-bond acceptors (Lipinski definition) is 3. The number of para-hydroxylation sites is 1. The minimum atomic E-state index is -0.353. The van der Waals surface area contributed by atoms with Gasteiger partial charge in [-0.25, -0.2) is 0 Å². The van der Waals surface area contributed by atoms with Gasteiger partial charge in [0.1, 0.15) is 0 Å². The number of nitrogens with one attached hydrogen (secondary N) is 1. The zero-order valence-corrected chi connectivity index (χ0v) is 16.8. The van der Waals surface area contributed by atoms with Gasteiger partial charge in [0.2, 0.25) is 5.91 Å². The predicted octanol–water partition coefficient (Wildman–Crippen LogP) is 3.67. The quantitative estimate of drug-likeness (QED) is 0.834. The summed E-state index contributed by atoms with van der Waals surface area (Å²) in [6.45, 7) is 0. The van der Waals surface area contributed by atoms with Gasteiger partial charge in [-0.1, -0.05) is 23.7 Å². The lowest BCUT2D eigenvalue weighted by atomic mass is 10.1. The number of rotatable bonds is 5. The summed E-state index contributed by atoms with van der Waals surface area (Å²) in [5.41, 5.74) is 1.78. The maximum Gasteiger partial charge on any atom is 0.257 e. The second kappa shape index (κ2) is 8.02. The Morgan fingerprint density at radius 3 is 2.29 bits per heavy atom. The lowest BCUT2D eigenvalue weighted by molar-refractivity contribution is -0.119. The third-order valence-electron chi connectivity index (χ3n) is 4.63. The molecule has 0 aromatic heterocycles. The van der Waals surface area contributed by atoms with Gasteiger partial charge < -0.3 is 15.1 Å². The first-order valence-electron chi connectivity index (χ1n) is 8.98. The van der Waals surface area contributed by atoms with Crippen LogP contribution in [-0.2, 0) is 4.79 Å². The lowest BCUT2D eigenvalue weighted by Gasteiger charge is -2.20. The second-order valence-corrected chi connectivity index (χ2v) is 7.44. The van der Waals surface area contributed by atoms with E-state index in [2.05, 4.69) is 5.32 Å². The van der Waals surface area contributed by atoms with Crippen LogP contribution in [0.4, 0.5) is 11.4 Å². The van der Waals surface area contributed by atoms with E-state index in [4.69, 9.17) is 11.6 Å². The van der Waals surface area contributed by atoms with Crippen LogP contribution in [0.25, 0.3) is 0 Å². The summed E-state index contributed by atoms with van der Waals surface area (Å²) in [4.78, 5) is 40.3. The van der Waals surface area contributed by atoms with Gasteiger partial charge in [-0.15, -0.1) is 0 Å². The first kappa shape index (κ1) is 19.9. The Hall–Kier alpha value is -2.86. The standard InChI is InChI=1S/C21H22ClN3O3/c1-24(2)21(28)15-11-10-14(12-17(15)22)23-19(26)16-6-4-5-7-18(16)25(3)20(27)13-8-9-13/h4-7,10-13H,8-9H2,1-3H3,(H,23,26). The molecule has 1 saturated carbocycles. The van der Waals surface area contributed by atoms with Crippen molar-refractivity contribution < 1.29 is 14.4 Å². The Morgan fingerprint density at radius 1 is 1.00 bits per heavy atom. The summed E-state index contributed by atoms with van der Waals surface area (Å²) < 4.78 is 0. The van der Waals surface area contributed by atoms with Crippen molar-refractivity contribution in [2.75, 3.05) is 31.4 Å². The third kappa shape index (κ3) is 4.17. The molecule has 7 heteroatoms. The SMILES string of the molecule is CN(C)C(=O)c1ccc(NC(=O)c2ccccc2N(C)C(=O)C2CC2)cc1Cl. The molecule has 0 aliphatic heterocycles. The minimum Gasteiger partial charge on any atom is -0.345 e. The zero-order chi connectivity index (χ0) is 20.4. The van der Waals surface area contributed by atoms with Crippen LogP contribution in [0.1, 0.15) is 33.6 Å². The van der Waals surface area contributed by atoms with E-state index in [1.54, 1.807) is 62.4 Å². The van der Waals surface area contributed by atoms with Gasteiger partial charge in [-0.05, 0) is 43.2 Å². The van der Waals surface area contributed by atoms with Crippen LogP contribution in [0.3, 0.4) is 0 Å². The number of carbonyl (C=O) groups excluding carboxylic acids is 3. The van der Waals surface area contributed by atoms with Gasteiger partial charge in [0, 0.05) is 32.7 Å². The van der Waals surface area contributed by atoms with Crippen molar-refractivity contribution in [2.45, 2.75) is 12.8 Å². The van der Waals surface area contributed by atoms with Crippen LogP contribution >= 0.6 is 11.6 Å². The van der Waals surface area contributed by atoms with Gasteiger partial charge in [0.05, 0.1) is 21.8 Å². The Balaban J connectivity index is 1.81. The van der Waals surface area contributed by atoms with Crippen molar-refractivity contribution in [3.63, 3.8) is 0 Å². The zero-order valence-electron chi connectivity index (χ0n) is 16.0. The van der Waals surface area contributed by atoms with E-state index in [9.17, 15) is 14.4 Å². The summed E-state index contributed by atoms with van der Waals surface area (Å²) in [7, 11) is 4.97. The molecule has 146 valence electrons. The summed E-state index contributed by atoms with van der Waals surface area (Å²) >= 11 is 6.21. The van der Waals surface area contributed by atoms with Gasteiger partial charge in [-0.3, -0.25) is 14.4 Å². The fourth-order valence-electron chi connectivity index (χ4n) is 2.89. The largest absolute Gasteiger partial charge is 0.345 e. The van der Waals surface area contributed by atoms with E-state index in [0.717, 1.165) is 12.8 Å². The summed E-state index contributed by atoms with van der Waals surface area (Å²) in [5.74, 6) is -0.487. The molecule has 1 aliphatic rings. The molecule has 0 radical (unpaired) electrons. The average Bonchev–Trinajstić information content (AvgIpc) is 3.51. The molecule has 1 aliphatic carbocycles. The second-order valence-electron chi connectivity index (χ2n) is 7.04. The fraction of sp³-hybridized carbons (Fsp3) is 0.286. The number of halogens is 1. The van der Waals surface area contributed by atoms with Crippen molar-refractivity contribution in [3.05, 3.63) is 58.6 Å². The molecule has 0 atom stereocenters. The Labute approximate surface area is 169 Å². The van der Waals surface area contributed by atoms with Crippen molar-refractivity contribution in [1.29, 1.82) is 0 Å². The first-order valence-corrected chi connectivity index (χ1v) is 9.36. The molecular weight excluding hydrogens is 378 g/mol. The number of benzene rings is 2. The highest BCUT2D eigenvalue weighted by Gasteiger charge is 2.33. The number of anilines is 2. The highest BCUT2D eigenvalue weighted by atomic mass is 35.5. The molecule has 28 heavy (non-hydrogen) atoms. The molecule has 3 rings (SSSR count). The van der Waals surface area contributed by atoms with E-state index in [0.29, 0.717) is 22.5 Å². The fourth-order valence-corrected chi connectivity index (χ4v) is 3.15. The molecule has 0 saturated heterocycles. The van der Waals surface area contributed by atoms with Crippen molar-refractivity contribution in [1.82, 2.24) is 4.90 Å². The highest BCUT2D eigenvalue weighted by Crippen LogP contribution is 2.33. The van der Waals surface area contributed by atoms with Gasteiger partial charge >= 0.3 is 0 Å². The van der Waals surface area contributed by atoms with Crippen LogP contribution in [0.2, 0.25) is 5.02 Å². The highest BCUT2D eigenvalue weighted by molar-refractivity contribution is 6.34. The molecule has 3 amide bonds. The maximum absolute atomic E-state index is 12.8. The predicted molar refractivity (Wildman–Crippen MR) is 110 cm³/mol. The number of amides is 3. The van der Waals surface area contributed by atoms with E-state index in [1.165, 1.54) is 11.0 Å². The monoisotopic (exact) mass is 399 g/mol. The van der Waals surface area contributed by atoms with Gasteiger partial charge in [-0.2, -0.15) is 0 Å². The van der Waals surface area contributed by atoms with Crippen LogP contribution in [0.5, 0.6) is 0 Å². The average molecular weight is 400 g/mol. The van der Waals surface area contributed by atoms with Crippen LogP contribution in [0, 0.1) is 5.92 Å². The minimum absolute atomic E-state index is 0.0230. The van der Waals surface area contributed by atoms with Crippen molar-refractivity contribution in [3.8, 4) is 0 Å². The van der Waals surface area contributed by atoms with Crippen molar-refractivity contribution in [2.24, 2.45) is 5.92 Å².